The zero-order valence-electron chi connectivity index (χ0n) is 19.9. The second-order valence-electron chi connectivity index (χ2n) is 8.63. The highest BCUT2D eigenvalue weighted by Crippen LogP contribution is 2.36. The Hall–Kier alpha value is -3.27. The minimum Gasteiger partial charge on any atom is -0.454 e. The maximum Gasteiger partial charge on any atom is 0.244 e. The number of benzene rings is 2. The molecule has 0 aromatic heterocycles. The number of nitrogens with one attached hydrogen (secondary N) is 1. The van der Waals surface area contributed by atoms with E-state index in [2.05, 4.69) is 5.32 Å². The van der Waals surface area contributed by atoms with E-state index in [0.29, 0.717) is 18.0 Å². The second-order valence-corrected chi connectivity index (χ2v) is 10.5. The second kappa shape index (κ2) is 10.8. The van der Waals surface area contributed by atoms with E-state index in [-0.39, 0.29) is 30.9 Å². The molecule has 2 aromatic carbocycles. The molecule has 9 nitrogen and oxygen atoms in total. The van der Waals surface area contributed by atoms with Crippen molar-refractivity contribution in [3.05, 3.63) is 54.1 Å². The fourth-order valence-corrected chi connectivity index (χ4v) is 4.31. The fourth-order valence-electron chi connectivity index (χ4n) is 3.47. The Labute approximate surface area is 200 Å². The van der Waals surface area contributed by atoms with Gasteiger partial charge in [0.2, 0.25) is 28.6 Å². The summed E-state index contributed by atoms with van der Waals surface area (Å²) in [6, 6.07) is 13.1. The maximum absolute atomic E-state index is 13.5. The quantitative estimate of drug-likeness (QED) is 0.549. The number of hydrogen-bond donors (Lipinski definition) is 1. The van der Waals surface area contributed by atoms with E-state index in [4.69, 9.17) is 9.47 Å². The van der Waals surface area contributed by atoms with Gasteiger partial charge in [-0.3, -0.25) is 13.9 Å². The zero-order valence-corrected chi connectivity index (χ0v) is 20.7. The average Bonchev–Trinajstić information content (AvgIpc) is 3.26. The summed E-state index contributed by atoms with van der Waals surface area (Å²) < 4.78 is 36.9. The standard InChI is InChI=1S/C24H31N3O6S/c1-17(2)13-25-24(29)18(3)26(14-19-8-6-5-7-9-19)23(28)15-27(34(4,30)31)20-10-11-21-22(12-20)33-16-32-21/h5-12,17-18H,13-16H2,1-4H3,(H,25,29)/t18-/m1/s1. The van der Waals surface area contributed by atoms with Crippen LogP contribution in [0, 0.1) is 5.92 Å². The lowest BCUT2D eigenvalue weighted by atomic mass is 10.1. The molecule has 0 aliphatic carbocycles. The molecule has 1 aliphatic rings. The minimum absolute atomic E-state index is 0.0461. The van der Waals surface area contributed by atoms with Gasteiger partial charge in [-0.15, -0.1) is 0 Å². The average molecular weight is 490 g/mol. The molecule has 0 unspecified atom stereocenters. The van der Waals surface area contributed by atoms with Gasteiger partial charge in [-0.2, -0.15) is 0 Å². The van der Waals surface area contributed by atoms with Crippen LogP contribution in [-0.4, -0.2) is 57.3 Å². The SMILES string of the molecule is CC(C)CNC(=O)[C@@H](C)N(Cc1ccccc1)C(=O)CN(c1ccc2c(c1)OCO2)S(C)(=O)=O. The van der Waals surface area contributed by atoms with Crippen LogP contribution in [0.1, 0.15) is 26.3 Å². The monoisotopic (exact) mass is 489 g/mol. The van der Waals surface area contributed by atoms with Crippen molar-refractivity contribution in [2.45, 2.75) is 33.4 Å². The van der Waals surface area contributed by atoms with Gasteiger partial charge in [0.15, 0.2) is 11.5 Å². The normalized spacial score (nSPS) is 13.4. The number of anilines is 1. The summed E-state index contributed by atoms with van der Waals surface area (Å²) in [4.78, 5) is 27.7. The minimum atomic E-state index is -3.82. The van der Waals surface area contributed by atoms with Crippen LogP contribution in [-0.2, 0) is 26.2 Å². The Morgan fingerprint density at radius 3 is 2.35 bits per heavy atom. The van der Waals surface area contributed by atoms with E-state index in [0.717, 1.165) is 16.1 Å². The number of carbonyl (C=O) groups is 2. The first-order chi connectivity index (χ1) is 16.1. The predicted octanol–water partition coefficient (Wildman–Crippen LogP) is 2.37. The third-order valence-electron chi connectivity index (χ3n) is 5.37. The molecule has 1 heterocycles. The molecule has 3 rings (SSSR count). The Morgan fingerprint density at radius 1 is 1.03 bits per heavy atom. The van der Waals surface area contributed by atoms with E-state index >= 15 is 0 Å². The molecule has 10 heteroatoms. The number of ether oxygens (including phenoxy) is 2. The number of carbonyl (C=O) groups excluding carboxylic acids is 2. The summed E-state index contributed by atoms with van der Waals surface area (Å²) >= 11 is 0. The van der Waals surface area contributed by atoms with Crippen molar-refractivity contribution in [2.75, 3.05) is 30.4 Å². The molecule has 0 fully saturated rings. The van der Waals surface area contributed by atoms with E-state index < -0.39 is 28.5 Å². The lowest BCUT2D eigenvalue weighted by Gasteiger charge is -2.31. The van der Waals surface area contributed by atoms with Crippen LogP contribution in [0.2, 0.25) is 0 Å². The van der Waals surface area contributed by atoms with Crippen LogP contribution in [0.5, 0.6) is 11.5 Å². The number of hydrogen-bond acceptors (Lipinski definition) is 6. The topological polar surface area (TPSA) is 105 Å². The lowest BCUT2D eigenvalue weighted by molar-refractivity contribution is -0.139. The molecule has 2 amide bonds. The third kappa shape index (κ3) is 6.40. The van der Waals surface area contributed by atoms with E-state index in [9.17, 15) is 18.0 Å². The van der Waals surface area contributed by atoms with Crippen molar-refractivity contribution in [1.29, 1.82) is 0 Å². The molecule has 34 heavy (non-hydrogen) atoms. The first-order valence-corrected chi connectivity index (χ1v) is 12.9. The predicted molar refractivity (Wildman–Crippen MR) is 129 cm³/mol. The summed E-state index contributed by atoms with van der Waals surface area (Å²) in [6.45, 7) is 5.82. The fraction of sp³-hybridized carbons (Fsp3) is 0.417. The van der Waals surface area contributed by atoms with Gasteiger partial charge >= 0.3 is 0 Å². The van der Waals surface area contributed by atoms with Gasteiger partial charge in [0.05, 0.1) is 11.9 Å². The van der Waals surface area contributed by atoms with Crippen LogP contribution >= 0.6 is 0 Å². The Morgan fingerprint density at radius 2 is 1.71 bits per heavy atom. The number of sulfonamides is 1. The van der Waals surface area contributed by atoms with Gasteiger partial charge in [0.25, 0.3) is 0 Å². The molecule has 1 atom stereocenters. The van der Waals surface area contributed by atoms with E-state index in [1.807, 2.05) is 44.2 Å². The molecular weight excluding hydrogens is 458 g/mol. The highest BCUT2D eigenvalue weighted by atomic mass is 32.2. The molecule has 1 aliphatic heterocycles. The summed E-state index contributed by atoms with van der Waals surface area (Å²) in [5.41, 5.74) is 1.10. The van der Waals surface area contributed by atoms with Crippen LogP contribution in [0.3, 0.4) is 0 Å². The van der Waals surface area contributed by atoms with E-state index in [1.165, 1.54) is 11.0 Å². The highest BCUT2D eigenvalue weighted by molar-refractivity contribution is 7.92. The van der Waals surface area contributed by atoms with Crippen molar-refractivity contribution in [3.63, 3.8) is 0 Å². The summed E-state index contributed by atoms with van der Waals surface area (Å²) in [7, 11) is -3.82. The Balaban J connectivity index is 1.87. The highest BCUT2D eigenvalue weighted by Gasteiger charge is 2.30. The van der Waals surface area contributed by atoms with Crippen molar-refractivity contribution < 1.29 is 27.5 Å². The molecule has 0 spiro atoms. The lowest BCUT2D eigenvalue weighted by Crippen LogP contribution is -2.51. The van der Waals surface area contributed by atoms with Crippen LogP contribution in [0.25, 0.3) is 0 Å². The maximum atomic E-state index is 13.5. The number of fused-ring (bicyclic) bond motifs is 1. The van der Waals surface area contributed by atoms with Gasteiger partial charge in [0, 0.05) is 19.2 Å². The Kier molecular flexibility index (Phi) is 8.03. The summed E-state index contributed by atoms with van der Waals surface area (Å²) in [5.74, 6) is 0.359. The van der Waals surface area contributed by atoms with Crippen LogP contribution < -0.4 is 19.1 Å². The molecule has 2 aromatic rings. The van der Waals surface area contributed by atoms with Gasteiger partial charge in [-0.25, -0.2) is 8.42 Å². The molecule has 184 valence electrons. The van der Waals surface area contributed by atoms with E-state index in [1.54, 1.807) is 19.1 Å². The first-order valence-electron chi connectivity index (χ1n) is 11.0. The molecule has 0 radical (unpaired) electrons. The summed E-state index contributed by atoms with van der Waals surface area (Å²) in [5, 5.41) is 2.85. The van der Waals surface area contributed by atoms with Crippen molar-refractivity contribution >= 4 is 27.5 Å². The molecule has 0 bridgehead atoms. The smallest absolute Gasteiger partial charge is 0.244 e. The number of rotatable bonds is 10. The largest absolute Gasteiger partial charge is 0.454 e. The van der Waals surface area contributed by atoms with Crippen molar-refractivity contribution in [2.24, 2.45) is 5.92 Å². The molecule has 0 saturated heterocycles. The van der Waals surface area contributed by atoms with Gasteiger partial charge in [-0.1, -0.05) is 44.2 Å². The zero-order chi connectivity index (χ0) is 24.9. The van der Waals surface area contributed by atoms with Gasteiger partial charge < -0.3 is 19.7 Å². The van der Waals surface area contributed by atoms with Crippen LogP contribution in [0.15, 0.2) is 48.5 Å². The van der Waals surface area contributed by atoms with Gasteiger partial charge in [0.1, 0.15) is 12.6 Å². The van der Waals surface area contributed by atoms with Crippen LogP contribution in [0.4, 0.5) is 5.69 Å². The summed E-state index contributed by atoms with van der Waals surface area (Å²) in [6.07, 6.45) is 1.03. The molecule has 0 saturated carbocycles. The third-order valence-corrected chi connectivity index (χ3v) is 6.51. The first kappa shape index (κ1) is 25.4. The van der Waals surface area contributed by atoms with Gasteiger partial charge in [-0.05, 0) is 30.5 Å². The molecule has 1 N–H and O–H groups in total. The van der Waals surface area contributed by atoms with Crippen molar-refractivity contribution in [1.82, 2.24) is 10.2 Å². The van der Waals surface area contributed by atoms with Crippen molar-refractivity contribution in [3.8, 4) is 11.5 Å². The number of amides is 2. The Bertz CT molecular complexity index is 1120. The molecular formula is C24H31N3O6S. The number of nitrogens with zero attached hydrogens (tertiary/aromatic N) is 2.